The molecule has 17 heavy (non-hydrogen) atoms. The molecule has 2 rings (SSSR count). The van der Waals surface area contributed by atoms with Gasteiger partial charge >= 0.3 is 0 Å². The van der Waals surface area contributed by atoms with E-state index in [0.29, 0.717) is 11.0 Å². The summed E-state index contributed by atoms with van der Waals surface area (Å²) in [4.78, 5) is 8.05. The van der Waals surface area contributed by atoms with Crippen molar-refractivity contribution in [2.75, 3.05) is 6.26 Å². The predicted octanol–water partition coefficient (Wildman–Crippen LogP) is 2.07. The van der Waals surface area contributed by atoms with Crippen LogP contribution in [0.2, 0.25) is 5.15 Å². The van der Waals surface area contributed by atoms with E-state index in [1.807, 2.05) is 13.8 Å². The molecule has 5 nitrogen and oxygen atoms in total. The quantitative estimate of drug-likeness (QED) is 0.786. The van der Waals surface area contributed by atoms with E-state index in [1.165, 1.54) is 0 Å². The molecule has 2 aromatic rings. The largest absolute Gasteiger partial charge is 0.326 e. The van der Waals surface area contributed by atoms with Crippen molar-refractivity contribution < 1.29 is 8.42 Å². The molecule has 0 amide bonds. The fourth-order valence-corrected chi connectivity index (χ4v) is 2.71. The highest BCUT2D eigenvalue weighted by Crippen LogP contribution is 2.25. The second-order valence-electron chi connectivity index (χ2n) is 4.14. The maximum absolute atomic E-state index is 11.7. The third-order valence-electron chi connectivity index (χ3n) is 2.40. The Morgan fingerprint density at radius 2 is 2.06 bits per heavy atom. The Kier molecular flexibility index (Phi) is 2.87. The summed E-state index contributed by atoms with van der Waals surface area (Å²) < 4.78 is 25.2. The molecule has 0 bridgehead atoms. The molecule has 2 aromatic heterocycles. The predicted molar refractivity (Wildman–Crippen MR) is 66.0 cm³/mol. The van der Waals surface area contributed by atoms with Gasteiger partial charge in [0.2, 0.25) is 0 Å². The third-order valence-corrected chi connectivity index (χ3v) is 3.58. The molecule has 0 radical (unpaired) electrons. The van der Waals surface area contributed by atoms with Gasteiger partial charge in [0, 0.05) is 18.4 Å². The van der Waals surface area contributed by atoms with Gasteiger partial charge in [0.1, 0.15) is 10.7 Å². The average molecular weight is 274 g/mol. The van der Waals surface area contributed by atoms with Crippen LogP contribution in [0.15, 0.2) is 17.4 Å². The summed E-state index contributed by atoms with van der Waals surface area (Å²) >= 11 is 5.79. The number of imidazole rings is 1. The lowest BCUT2D eigenvalue weighted by molar-refractivity contribution is 0.592. The first-order valence-corrected chi connectivity index (χ1v) is 7.31. The Morgan fingerprint density at radius 1 is 1.41 bits per heavy atom. The molecule has 0 aromatic carbocycles. The number of aromatic nitrogens is 3. The number of pyridine rings is 1. The molecule has 2 heterocycles. The van der Waals surface area contributed by atoms with Crippen molar-refractivity contribution in [3.8, 4) is 0 Å². The van der Waals surface area contributed by atoms with Crippen molar-refractivity contribution in [3.63, 3.8) is 0 Å². The van der Waals surface area contributed by atoms with Crippen LogP contribution in [-0.4, -0.2) is 29.2 Å². The van der Waals surface area contributed by atoms with Crippen molar-refractivity contribution in [1.29, 1.82) is 0 Å². The molecule has 0 saturated heterocycles. The second kappa shape index (κ2) is 3.96. The van der Waals surface area contributed by atoms with Crippen molar-refractivity contribution >= 4 is 32.5 Å². The highest BCUT2D eigenvalue weighted by Gasteiger charge is 2.20. The van der Waals surface area contributed by atoms with Crippen LogP contribution in [0.3, 0.4) is 0 Å². The summed E-state index contributed by atoms with van der Waals surface area (Å²) in [6.07, 6.45) is 2.71. The lowest BCUT2D eigenvalue weighted by Gasteiger charge is -2.10. The van der Waals surface area contributed by atoms with Gasteiger partial charge in [0.15, 0.2) is 14.9 Å². The van der Waals surface area contributed by atoms with Crippen LogP contribution in [-0.2, 0) is 9.84 Å². The van der Waals surface area contributed by atoms with E-state index >= 15 is 0 Å². The average Bonchev–Trinajstić information content (AvgIpc) is 2.57. The number of sulfone groups is 1. The van der Waals surface area contributed by atoms with Crippen LogP contribution in [0.1, 0.15) is 19.9 Å². The van der Waals surface area contributed by atoms with Crippen LogP contribution in [0, 0.1) is 0 Å². The zero-order valence-corrected chi connectivity index (χ0v) is 11.2. The van der Waals surface area contributed by atoms with Crippen molar-refractivity contribution in [1.82, 2.24) is 14.5 Å². The first kappa shape index (κ1) is 12.3. The molecule has 0 aliphatic rings. The van der Waals surface area contributed by atoms with Crippen molar-refractivity contribution in [2.45, 2.75) is 24.9 Å². The Labute approximate surface area is 104 Å². The summed E-state index contributed by atoms with van der Waals surface area (Å²) in [5.74, 6) is 0. The number of hydrogen-bond donors (Lipinski definition) is 0. The first-order valence-electron chi connectivity index (χ1n) is 5.04. The topological polar surface area (TPSA) is 64.8 Å². The van der Waals surface area contributed by atoms with Gasteiger partial charge in [-0.05, 0) is 13.8 Å². The minimum Gasteiger partial charge on any atom is -0.326 e. The minimum absolute atomic E-state index is 0.0220. The van der Waals surface area contributed by atoms with Crippen LogP contribution in [0.4, 0.5) is 0 Å². The molecule has 0 spiro atoms. The number of hydrogen-bond acceptors (Lipinski definition) is 4. The number of fused-ring (bicyclic) bond motifs is 1. The van der Waals surface area contributed by atoms with E-state index in [0.717, 1.165) is 6.26 Å². The van der Waals surface area contributed by atoms with Crippen molar-refractivity contribution in [3.05, 3.63) is 17.5 Å². The molecule has 0 aliphatic heterocycles. The lowest BCUT2D eigenvalue weighted by atomic mass is 10.3. The van der Waals surface area contributed by atoms with Crippen LogP contribution in [0.5, 0.6) is 0 Å². The lowest BCUT2D eigenvalue weighted by Crippen LogP contribution is -2.07. The SMILES string of the molecule is CC(C)n1cnc2cc(Cl)nc(S(C)(=O)=O)c21. The summed E-state index contributed by atoms with van der Waals surface area (Å²) in [5.41, 5.74) is 1.05. The Bertz CT molecular complexity index is 676. The van der Waals surface area contributed by atoms with Gasteiger partial charge in [0.05, 0.1) is 11.8 Å². The van der Waals surface area contributed by atoms with Gasteiger partial charge in [-0.15, -0.1) is 0 Å². The van der Waals surface area contributed by atoms with Gasteiger partial charge in [-0.2, -0.15) is 0 Å². The van der Waals surface area contributed by atoms with E-state index in [4.69, 9.17) is 11.6 Å². The summed E-state index contributed by atoms with van der Waals surface area (Å²) in [6, 6.07) is 1.66. The summed E-state index contributed by atoms with van der Waals surface area (Å²) in [5, 5.41) is 0.109. The Morgan fingerprint density at radius 3 is 2.59 bits per heavy atom. The van der Waals surface area contributed by atoms with Crippen LogP contribution < -0.4 is 0 Å². The van der Waals surface area contributed by atoms with Gasteiger partial charge in [-0.3, -0.25) is 0 Å². The van der Waals surface area contributed by atoms with Crippen LogP contribution >= 0.6 is 11.6 Å². The molecule has 0 aliphatic carbocycles. The van der Waals surface area contributed by atoms with Gasteiger partial charge in [-0.1, -0.05) is 11.6 Å². The fraction of sp³-hybridized carbons (Fsp3) is 0.400. The monoisotopic (exact) mass is 273 g/mol. The number of rotatable bonds is 2. The molecular weight excluding hydrogens is 262 g/mol. The van der Waals surface area contributed by atoms with E-state index < -0.39 is 9.84 Å². The maximum Gasteiger partial charge on any atom is 0.195 e. The number of halogens is 1. The van der Waals surface area contributed by atoms with Gasteiger partial charge < -0.3 is 4.57 Å². The van der Waals surface area contributed by atoms with Crippen LogP contribution in [0.25, 0.3) is 11.0 Å². The molecular formula is C10H12ClN3O2S. The van der Waals surface area contributed by atoms with E-state index in [2.05, 4.69) is 9.97 Å². The molecule has 0 unspecified atom stereocenters. The summed E-state index contributed by atoms with van der Waals surface area (Å²) in [6.45, 7) is 3.89. The first-order chi connectivity index (χ1) is 7.80. The summed E-state index contributed by atoms with van der Waals surface area (Å²) in [7, 11) is -3.43. The highest BCUT2D eigenvalue weighted by molar-refractivity contribution is 7.90. The molecule has 0 N–H and O–H groups in total. The standard InChI is InChI=1S/C10H12ClN3O2S/c1-6(2)14-5-12-7-4-8(11)13-10(9(7)14)17(3,15)16/h4-6H,1-3H3. The van der Waals surface area contributed by atoms with Gasteiger partial charge in [-0.25, -0.2) is 18.4 Å². The fourth-order valence-electron chi connectivity index (χ4n) is 1.65. The van der Waals surface area contributed by atoms with E-state index in [-0.39, 0.29) is 16.2 Å². The molecule has 92 valence electrons. The maximum atomic E-state index is 11.7. The smallest absolute Gasteiger partial charge is 0.195 e. The number of nitrogens with zero attached hydrogens (tertiary/aromatic N) is 3. The zero-order chi connectivity index (χ0) is 12.8. The normalized spacial score (nSPS) is 12.5. The molecule has 7 heteroatoms. The minimum atomic E-state index is -3.43. The second-order valence-corrected chi connectivity index (χ2v) is 6.45. The van der Waals surface area contributed by atoms with E-state index in [1.54, 1.807) is 17.0 Å². The zero-order valence-electron chi connectivity index (χ0n) is 9.68. The Balaban J connectivity index is 2.94. The third kappa shape index (κ3) is 2.14. The highest BCUT2D eigenvalue weighted by atomic mass is 35.5. The Hall–Kier alpha value is -1.14. The molecule has 0 saturated carbocycles. The van der Waals surface area contributed by atoms with Gasteiger partial charge in [0.25, 0.3) is 0 Å². The molecule has 0 fully saturated rings. The van der Waals surface area contributed by atoms with E-state index in [9.17, 15) is 8.42 Å². The molecule has 0 atom stereocenters. The van der Waals surface area contributed by atoms with Crippen molar-refractivity contribution in [2.24, 2.45) is 0 Å².